The van der Waals surface area contributed by atoms with Gasteiger partial charge in [0.15, 0.2) is 0 Å². The Kier molecular flexibility index (Phi) is 4.25. The van der Waals surface area contributed by atoms with Gasteiger partial charge in [-0.3, -0.25) is 4.79 Å². The number of hydrogen-bond acceptors (Lipinski definition) is 3. The second-order valence-corrected chi connectivity index (χ2v) is 6.14. The fourth-order valence-corrected chi connectivity index (χ4v) is 3.15. The van der Waals surface area contributed by atoms with Gasteiger partial charge >= 0.3 is 5.97 Å². The third kappa shape index (κ3) is 3.11. The molecule has 24 heavy (non-hydrogen) atoms. The molecule has 0 saturated carbocycles. The average molecular weight is 324 g/mol. The molecule has 0 saturated heterocycles. The van der Waals surface area contributed by atoms with E-state index in [0.717, 1.165) is 24.2 Å². The normalized spacial score (nSPS) is 12.8. The van der Waals surface area contributed by atoms with E-state index in [-0.39, 0.29) is 18.0 Å². The molecule has 2 aromatic carbocycles. The number of carbonyl (C=O) groups is 2. The molecule has 5 nitrogen and oxygen atoms in total. The molecule has 2 N–H and O–H groups in total. The summed E-state index contributed by atoms with van der Waals surface area (Å²) in [6, 6.07) is 11.4. The molecule has 0 atom stereocenters. The number of hydrogen-bond donors (Lipinski definition) is 2. The summed E-state index contributed by atoms with van der Waals surface area (Å²) in [6.07, 6.45) is 0.941. The Bertz CT molecular complexity index is 814. The van der Waals surface area contributed by atoms with E-state index in [4.69, 9.17) is 0 Å². The van der Waals surface area contributed by atoms with Crippen LogP contribution in [0.4, 0.5) is 11.4 Å². The predicted octanol–water partition coefficient (Wildman–Crippen LogP) is 3.00. The first-order valence-corrected chi connectivity index (χ1v) is 7.93. The summed E-state index contributed by atoms with van der Waals surface area (Å²) in [5.41, 5.74) is 4.65. The van der Waals surface area contributed by atoms with E-state index in [1.54, 1.807) is 13.0 Å². The van der Waals surface area contributed by atoms with Gasteiger partial charge in [0.25, 0.3) is 0 Å². The minimum atomic E-state index is -0.989. The molecular formula is C19H20N2O3. The van der Waals surface area contributed by atoms with E-state index < -0.39 is 5.97 Å². The smallest absolute Gasteiger partial charge is 0.336 e. The fraction of sp³-hybridized carbons (Fsp3) is 0.263. The van der Waals surface area contributed by atoms with Gasteiger partial charge in [-0.25, -0.2) is 4.79 Å². The van der Waals surface area contributed by atoms with Crippen molar-refractivity contribution in [2.24, 2.45) is 0 Å². The molecule has 1 aliphatic heterocycles. The number of para-hydroxylation sites is 1. The first kappa shape index (κ1) is 16.1. The summed E-state index contributed by atoms with van der Waals surface area (Å²) in [6.45, 7) is 4.69. The number of nitrogens with one attached hydrogen (secondary N) is 1. The highest BCUT2D eigenvalue weighted by Gasteiger charge is 2.21. The first-order valence-electron chi connectivity index (χ1n) is 7.93. The number of amides is 1. The zero-order valence-corrected chi connectivity index (χ0v) is 13.8. The molecule has 0 aromatic heterocycles. The number of aromatic carboxylic acids is 1. The van der Waals surface area contributed by atoms with Gasteiger partial charge in [0.1, 0.15) is 0 Å². The number of anilines is 2. The zero-order chi connectivity index (χ0) is 17.3. The molecule has 3 rings (SSSR count). The highest BCUT2D eigenvalue weighted by molar-refractivity contribution is 5.97. The van der Waals surface area contributed by atoms with Gasteiger partial charge < -0.3 is 15.3 Å². The lowest BCUT2D eigenvalue weighted by atomic mass is 10.0. The second kappa shape index (κ2) is 6.35. The molecule has 0 unspecified atom stereocenters. The molecule has 2 aromatic rings. The quantitative estimate of drug-likeness (QED) is 0.907. The van der Waals surface area contributed by atoms with Gasteiger partial charge in [-0.05, 0) is 49.1 Å². The molecule has 1 heterocycles. The summed E-state index contributed by atoms with van der Waals surface area (Å²) >= 11 is 0. The van der Waals surface area contributed by atoms with Crippen molar-refractivity contribution < 1.29 is 14.7 Å². The molecule has 5 heteroatoms. The van der Waals surface area contributed by atoms with Crippen LogP contribution in [-0.2, 0) is 11.2 Å². The van der Waals surface area contributed by atoms with Crippen molar-refractivity contribution in [3.05, 3.63) is 58.7 Å². The maximum Gasteiger partial charge on any atom is 0.336 e. The van der Waals surface area contributed by atoms with Crippen molar-refractivity contribution in [3.63, 3.8) is 0 Å². The lowest BCUT2D eigenvalue weighted by Gasteiger charge is -2.19. The summed E-state index contributed by atoms with van der Waals surface area (Å²) in [4.78, 5) is 25.7. The molecule has 1 aliphatic rings. The van der Waals surface area contributed by atoms with Crippen LogP contribution in [0.2, 0.25) is 0 Å². The minimum Gasteiger partial charge on any atom is -0.478 e. The molecule has 0 aliphatic carbocycles. The van der Waals surface area contributed by atoms with E-state index in [0.29, 0.717) is 11.3 Å². The molecule has 1 amide bonds. The van der Waals surface area contributed by atoms with Crippen molar-refractivity contribution in [1.82, 2.24) is 0 Å². The highest BCUT2D eigenvalue weighted by Crippen LogP contribution is 2.27. The Morgan fingerprint density at radius 2 is 1.92 bits per heavy atom. The van der Waals surface area contributed by atoms with Crippen LogP contribution in [0.5, 0.6) is 0 Å². The van der Waals surface area contributed by atoms with Gasteiger partial charge in [-0.15, -0.1) is 0 Å². The van der Waals surface area contributed by atoms with E-state index in [2.05, 4.69) is 11.4 Å². The maximum atomic E-state index is 12.4. The van der Waals surface area contributed by atoms with Crippen molar-refractivity contribution in [2.45, 2.75) is 20.3 Å². The van der Waals surface area contributed by atoms with Gasteiger partial charge in [0, 0.05) is 17.9 Å². The zero-order valence-electron chi connectivity index (χ0n) is 13.8. The van der Waals surface area contributed by atoms with Crippen LogP contribution < -0.4 is 10.2 Å². The number of carboxylic acids is 1. The average Bonchev–Trinajstić information content (AvgIpc) is 2.93. The van der Waals surface area contributed by atoms with Crippen LogP contribution in [-0.4, -0.2) is 30.1 Å². The lowest BCUT2D eigenvalue weighted by Crippen LogP contribution is -2.32. The SMILES string of the molecule is Cc1cc(C)c(C(=O)O)cc1NC(=O)CN1CCc2ccccc21. The van der Waals surface area contributed by atoms with Crippen molar-refractivity contribution in [3.8, 4) is 0 Å². The van der Waals surface area contributed by atoms with Crippen LogP contribution in [0.1, 0.15) is 27.0 Å². The molecule has 0 bridgehead atoms. The predicted molar refractivity (Wildman–Crippen MR) is 93.9 cm³/mol. The number of rotatable bonds is 4. The number of carboxylic acid groups (broad SMARTS) is 1. The standard InChI is InChI=1S/C19H20N2O3/c1-12-9-13(2)16(10-15(12)19(23)24)20-18(22)11-21-8-7-14-5-3-4-6-17(14)21/h3-6,9-10H,7-8,11H2,1-2H3,(H,20,22)(H,23,24). The fourth-order valence-electron chi connectivity index (χ4n) is 3.15. The van der Waals surface area contributed by atoms with Gasteiger partial charge in [-0.2, -0.15) is 0 Å². The van der Waals surface area contributed by atoms with Crippen LogP contribution in [0.3, 0.4) is 0 Å². The highest BCUT2D eigenvalue weighted by atomic mass is 16.4. The number of nitrogens with zero attached hydrogens (tertiary/aromatic N) is 1. The number of benzene rings is 2. The summed E-state index contributed by atoms with van der Waals surface area (Å²) in [5.74, 6) is -1.13. The Morgan fingerprint density at radius 3 is 2.67 bits per heavy atom. The third-order valence-corrected chi connectivity index (χ3v) is 4.39. The second-order valence-electron chi connectivity index (χ2n) is 6.14. The number of aryl methyl sites for hydroxylation is 2. The number of carbonyl (C=O) groups excluding carboxylic acids is 1. The monoisotopic (exact) mass is 324 g/mol. The van der Waals surface area contributed by atoms with Gasteiger partial charge in [-0.1, -0.05) is 24.3 Å². The Hall–Kier alpha value is -2.82. The largest absolute Gasteiger partial charge is 0.478 e. The van der Waals surface area contributed by atoms with Gasteiger partial charge in [0.2, 0.25) is 5.91 Å². The summed E-state index contributed by atoms with van der Waals surface area (Å²) < 4.78 is 0. The minimum absolute atomic E-state index is 0.144. The van der Waals surface area contributed by atoms with Crippen molar-refractivity contribution in [2.75, 3.05) is 23.3 Å². The first-order chi connectivity index (χ1) is 11.5. The molecule has 0 radical (unpaired) electrons. The van der Waals surface area contributed by atoms with Crippen molar-refractivity contribution in [1.29, 1.82) is 0 Å². The van der Waals surface area contributed by atoms with Gasteiger partial charge in [0.05, 0.1) is 12.1 Å². The molecule has 0 fully saturated rings. The molecular weight excluding hydrogens is 304 g/mol. The third-order valence-electron chi connectivity index (χ3n) is 4.39. The van der Waals surface area contributed by atoms with Crippen LogP contribution >= 0.6 is 0 Å². The van der Waals surface area contributed by atoms with E-state index >= 15 is 0 Å². The number of fused-ring (bicyclic) bond motifs is 1. The Balaban J connectivity index is 1.74. The summed E-state index contributed by atoms with van der Waals surface area (Å²) in [5, 5.41) is 12.1. The van der Waals surface area contributed by atoms with E-state index in [1.165, 1.54) is 11.6 Å². The Morgan fingerprint density at radius 1 is 1.17 bits per heavy atom. The van der Waals surface area contributed by atoms with Crippen LogP contribution in [0.15, 0.2) is 36.4 Å². The topological polar surface area (TPSA) is 69.6 Å². The molecule has 0 spiro atoms. The lowest BCUT2D eigenvalue weighted by molar-refractivity contribution is -0.115. The van der Waals surface area contributed by atoms with E-state index in [1.807, 2.05) is 30.0 Å². The maximum absolute atomic E-state index is 12.4. The van der Waals surface area contributed by atoms with Crippen molar-refractivity contribution >= 4 is 23.3 Å². The van der Waals surface area contributed by atoms with Crippen LogP contribution in [0.25, 0.3) is 0 Å². The molecule has 124 valence electrons. The Labute approximate surface area is 140 Å². The summed E-state index contributed by atoms with van der Waals surface area (Å²) in [7, 11) is 0. The van der Waals surface area contributed by atoms with E-state index in [9.17, 15) is 14.7 Å². The van der Waals surface area contributed by atoms with Crippen LogP contribution in [0, 0.1) is 13.8 Å².